The van der Waals surface area contributed by atoms with Gasteiger partial charge in [-0.3, -0.25) is 4.79 Å². The van der Waals surface area contributed by atoms with Gasteiger partial charge < -0.3 is 14.2 Å². The van der Waals surface area contributed by atoms with Crippen LogP contribution in [0.5, 0.6) is 5.75 Å². The third-order valence-corrected chi connectivity index (χ3v) is 4.30. The number of aromatic nitrogens is 2. The average molecular weight is 398 g/mol. The van der Waals surface area contributed by atoms with E-state index >= 15 is 0 Å². The molecule has 0 saturated heterocycles. The molecular formula is C21H20ClN3O3. The lowest BCUT2D eigenvalue weighted by Gasteiger charge is -2.19. The maximum absolute atomic E-state index is 12.6. The zero-order valence-corrected chi connectivity index (χ0v) is 16.2. The predicted octanol–water partition coefficient (Wildman–Crippen LogP) is 4.29. The summed E-state index contributed by atoms with van der Waals surface area (Å²) in [5, 5.41) is 4.60. The minimum atomic E-state index is -0.200. The van der Waals surface area contributed by atoms with Gasteiger partial charge in [-0.25, -0.2) is 0 Å². The Morgan fingerprint density at radius 3 is 2.71 bits per heavy atom. The second-order valence-electron chi connectivity index (χ2n) is 6.14. The topological polar surface area (TPSA) is 68.5 Å². The first-order valence-corrected chi connectivity index (χ1v) is 9.10. The third kappa shape index (κ3) is 4.98. The van der Waals surface area contributed by atoms with E-state index < -0.39 is 0 Å². The Morgan fingerprint density at radius 2 is 2.00 bits per heavy atom. The summed E-state index contributed by atoms with van der Waals surface area (Å²) in [5.41, 5.74) is 1.75. The van der Waals surface area contributed by atoms with Crippen LogP contribution >= 0.6 is 11.6 Å². The highest BCUT2D eigenvalue weighted by atomic mass is 35.5. The summed E-state index contributed by atoms with van der Waals surface area (Å²) >= 11 is 5.90. The number of aryl methyl sites for hydroxylation is 1. The van der Waals surface area contributed by atoms with Gasteiger partial charge in [-0.1, -0.05) is 41.0 Å². The van der Waals surface area contributed by atoms with Gasteiger partial charge in [0.05, 0.1) is 0 Å². The molecule has 1 heterocycles. The summed E-state index contributed by atoms with van der Waals surface area (Å²) in [6, 6.07) is 14.7. The van der Waals surface area contributed by atoms with Crippen molar-refractivity contribution in [2.45, 2.75) is 13.5 Å². The Kier molecular flexibility index (Phi) is 6.45. The summed E-state index contributed by atoms with van der Waals surface area (Å²) in [6.07, 6.45) is 1.64. The second-order valence-corrected chi connectivity index (χ2v) is 6.57. The molecule has 6 nitrogen and oxygen atoms in total. The van der Waals surface area contributed by atoms with Crippen molar-refractivity contribution in [3.05, 3.63) is 77.7 Å². The largest absolute Gasteiger partial charge is 0.484 e. The van der Waals surface area contributed by atoms with Gasteiger partial charge in [0.1, 0.15) is 12.3 Å². The highest BCUT2D eigenvalue weighted by molar-refractivity contribution is 6.30. The number of ether oxygens (including phenoxy) is 1. The number of carbonyl (C=O) groups is 1. The van der Waals surface area contributed by atoms with Crippen LogP contribution in [-0.4, -0.2) is 34.1 Å². The monoisotopic (exact) mass is 397 g/mol. The molecule has 0 bridgehead atoms. The maximum atomic E-state index is 12.6. The van der Waals surface area contributed by atoms with Crippen LogP contribution in [0.3, 0.4) is 0 Å². The summed E-state index contributed by atoms with van der Waals surface area (Å²) in [5.74, 6) is 1.25. The van der Waals surface area contributed by atoms with Crippen LogP contribution in [0, 0.1) is 6.92 Å². The molecule has 3 aromatic rings. The Hall–Kier alpha value is -3.12. The lowest BCUT2D eigenvalue weighted by atomic mass is 10.2. The highest BCUT2D eigenvalue weighted by Gasteiger charge is 2.18. The summed E-state index contributed by atoms with van der Waals surface area (Å²) in [6.45, 7) is 6.06. The first-order chi connectivity index (χ1) is 13.6. The molecule has 1 amide bonds. The number of rotatable bonds is 8. The van der Waals surface area contributed by atoms with Gasteiger partial charge in [-0.15, -0.1) is 6.58 Å². The van der Waals surface area contributed by atoms with Crippen LogP contribution in [-0.2, 0) is 11.3 Å². The molecule has 0 aliphatic rings. The molecule has 28 heavy (non-hydrogen) atoms. The van der Waals surface area contributed by atoms with E-state index in [1.54, 1.807) is 35.2 Å². The molecule has 0 aliphatic carbocycles. The number of nitrogens with zero attached hydrogens (tertiary/aromatic N) is 3. The molecule has 0 N–H and O–H groups in total. The Labute approximate surface area is 168 Å². The summed E-state index contributed by atoms with van der Waals surface area (Å²) in [4.78, 5) is 18.5. The van der Waals surface area contributed by atoms with Crippen molar-refractivity contribution in [3.63, 3.8) is 0 Å². The molecule has 0 fully saturated rings. The molecule has 0 unspecified atom stereocenters. The van der Waals surface area contributed by atoms with Gasteiger partial charge in [0, 0.05) is 17.1 Å². The fourth-order valence-electron chi connectivity index (χ4n) is 2.56. The molecule has 2 aromatic carbocycles. The van der Waals surface area contributed by atoms with Gasteiger partial charge in [0.25, 0.3) is 5.91 Å². The standard InChI is InChI=1S/C21H20ClN3O3/c1-3-12-25(20(26)14-27-18-7-5-4-6-15(18)2)13-19-23-21(24-28-19)16-8-10-17(22)11-9-16/h3-11H,1,12-14H2,2H3. The SMILES string of the molecule is C=CCN(Cc1nc(-c2ccc(Cl)cc2)no1)C(=O)COc1ccccc1C. The zero-order valence-electron chi connectivity index (χ0n) is 15.5. The molecule has 0 atom stereocenters. The van der Waals surface area contributed by atoms with E-state index in [0.29, 0.717) is 29.0 Å². The fourth-order valence-corrected chi connectivity index (χ4v) is 2.68. The molecule has 0 spiro atoms. The van der Waals surface area contributed by atoms with Gasteiger partial charge in [-0.05, 0) is 42.8 Å². The van der Waals surface area contributed by atoms with E-state index in [0.717, 1.165) is 11.1 Å². The van der Waals surface area contributed by atoms with Crippen LogP contribution < -0.4 is 4.74 Å². The molecule has 1 aromatic heterocycles. The van der Waals surface area contributed by atoms with Crippen molar-refractivity contribution in [2.75, 3.05) is 13.2 Å². The van der Waals surface area contributed by atoms with Crippen LogP contribution in [0.2, 0.25) is 5.02 Å². The van der Waals surface area contributed by atoms with Crippen LogP contribution in [0.4, 0.5) is 0 Å². The Balaban J connectivity index is 1.65. The first kappa shape index (κ1) is 19.6. The minimum absolute atomic E-state index is 0.0864. The second kappa shape index (κ2) is 9.19. The van der Waals surface area contributed by atoms with Crippen molar-refractivity contribution in [1.82, 2.24) is 15.0 Å². The van der Waals surface area contributed by atoms with E-state index in [-0.39, 0.29) is 19.1 Å². The number of hydrogen-bond donors (Lipinski definition) is 0. The Morgan fingerprint density at radius 1 is 1.25 bits per heavy atom. The lowest BCUT2D eigenvalue weighted by molar-refractivity contribution is -0.133. The quantitative estimate of drug-likeness (QED) is 0.530. The fraction of sp³-hybridized carbons (Fsp3) is 0.190. The van der Waals surface area contributed by atoms with Crippen molar-refractivity contribution in [3.8, 4) is 17.1 Å². The van der Waals surface area contributed by atoms with Gasteiger partial charge >= 0.3 is 0 Å². The molecule has 0 aliphatic heterocycles. The first-order valence-electron chi connectivity index (χ1n) is 8.72. The number of benzene rings is 2. The molecular weight excluding hydrogens is 378 g/mol. The molecule has 7 heteroatoms. The third-order valence-electron chi connectivity index (χ3n) is 4.04. The minimum Gasteiger partial charge on any atom is -0.484 e. The number of amides is 1. The van der Waals surface area contributed by atoms with E-state index in [4.69, 9.17) is 20.9 Å². The predicted molar refractivity (Wildman–Crippen MR) is 107 cm³/mol. The molecule has 0 saturated carbocycles. The molecule has 144 valence electrons. The van der Waals surface area contributed by atoms with E-state index in [2.05, 4.69) is 16.7 Å². The summed E-state index contributed by atoms with van der Waals surface area (Å²) in [7, 11) is 0. The van der Waals surface area contributed by atoms with E-state index in [1.807, 2.05) is 31.2 Å². The van der Waals surface area contributed by atoms with E-state index in [9.17, 15) is 4.79 Å². The van der Waals surface area contributed by atoms with Crippen molar-refractivity contribution < 1.29 is 14.1 Å². The van der Waals surface area contributed by atoms with E-state index in [1.165, 1.54) is 0 Å². The van der Waals surface area contributed by atoms with Gasteiger partial charge in [0.15, 0.2) is 6.61 Å². The van der Waals surface area contributed by atoms with Crippen molar-refractivity contribution in [1.29, 1.82) is 0 Å². The number of halogens is 1. The number of para-hydroxylation sites is 1. The van der Waals surface area contributed by atoms with Crippen LogP contribution in [0.25, 0.3) is 11.4 Å². The van der Waals surface area contributed by atoms with Crippen LogP contribution in [0.15, 0.2) is 65.7 Å². The highest BCUT2D eigenvalue weighted by Crippen LogP contribution is 2.19. The number of hydrogen-bond acceptors (Lipinski definition) is 5. The van der Waals surface area contributed by atoms with Crippen molar-refractivity contribution in [2.24, 2.45) is 0 Å². The number of carbonyl (C=O) groups excluding carboxylic acids is 1. The van der Waals surface area contributed by atoms with Crippen molar-refractivity contribution >= 4 is 17.5 Å². The van der Waals surface area contributed by atoms with Gasteiger partial charge in [-0.2, -0.15) is 4.98 Å². The zero-order chi connectivity index (χ0) is 19.9. The molecule has 0 radical (unpaired) electrons. The summed E-state index contributed by atoms with van der Waals surface area (Å²) < 4.78 is 10.9. The average Bonchev–Trinajstić information content (AvgIpc) is 3.16. The smallest absolute Gasteiger partial charge is 0.261 e. The van der Waals surface area contributed by atoms with Gasteiger partial charge in [0.2, 0.25) is 11.7 Å². The normalized spacial score (nSPS) is 10.5. The molecule has 3 rings (SSSR count). The van der Waals surface area contributed by atoms with Crippen LogP contribution in [0.1, 0.15) is 11.5 Å². The Bertz CT molecular complexity index is 954. The maximum Gasteiger partial charge on any atom is 0.261 e. The lowest BCUT2D eigenvalue weighted by Crippen LogP contribution is -2.34.